The molecule has 0 bridgehead atoms. The van der Waals surface area contributed by atoms with Gasteiger partial charge in [0.25, 0.3) is 0 Å². The third-order valence-electron chi connectivity index (χ3n) is 4.00. The van der Waals surface area contributed by atoms with Crippen LogP contribution in [0.2, 0.25) is 5.02 Å². The Kier molecular flexibility index (Phi) is 5.70. The summed E-state index contributed by atoms with van der Waals surface area (Å²) in [6.45, 7) is 4.17. The Hall–Kier alpha value is -0.770. The lowest BCUT2D eigenvalue weighted by Gasteiger charge is -2.24. The normalized spacial score (nSPS) is 18.9. The van der Waals surface area contributed by atoms with Crippen LogP contribution in [0.4, 0.5) is 0 Å². The monoisotopic (exact) mass is 297 g/mol. The van der Waals surface area contributed by atoms with Crippen molar-refractivity contribution in [2.45, 2.75) is 38.7 Å². The number of aliphatic hydroxyl groups is 1. The van der Waals surface area contributed by atoms with Gasteiger partial charge in [0.05, 0.1) is 0 Å². The van der Waals surface area contributed by atoms with Crippen LogP contribution >= 0.6 is 11.6 Å². The fourth-order valence-corrected chi connectivity index (χ4v) is 2.85. The maximum absolute atomic E-state index is 9.91. The van der Waals surface area contributed by atoms with E-state index in [1.54, 1.807) is 12.1 Å². The van der Waals surface area contributed by atoms with Gasteiger partial charge in [0.2, 0.25) is 0 Å². The minimum atomic E-state index is -0.490. The summed E-state index contributed by atoms with van der Waals surface area (Å²) in [6.07, 6.45) is 4.76. The highest BCUT2D eigenvalue weighted by atomic mass is 35.5. The van der Waals surface area contributed by atoms with Crippen molar-refractivity contribution in [2.24, 2.45) is 5.41 Å². The van der Waals surface area contributed by atoms with E-state index in [0.29, 0.717) is 23.6 Å². The first-order valence-corrected chi connectivity index (χ1v) is 7.72. The Morgan fingerprint density at radius 1 is 1.30 bits per heavy atom. The van der Waals surface area contributed by atoms with Gasteiger partial charge < -0.3 is 15.2 Å². The van der Waals surface area contributed by atoms with Crippen molar-refractivity contribution in [3.8, 4) is 5.75 Å². The lowest BCUT2D eigenvalue weighted by Crippen LogP contribution is -2.37. The number of hydrogen-bond acceptors (Lipinski definition) is 3. The fraction of sp³-hybridized carbons (Fsp3) is 0.625. The van der Waals surface area contributed by atoms with Crippen LogP contribution in [0.15, 0.2) is 24.3 Å². The first-order chi connectivity index (χ1) is 9.57. The van der Waals surface area contributed by atoms with Crippen molar-refractivity contribution in [1.82, 2.24) is 5.32 Å². The molecule has 0 spiro atoms. The molecule has 0 amide bonds. The van der Waals surface area contributed by atoms with Crippen molar-refractivity contribution < 1.29 is 9.84 Å². The Balaban J connectivity index is 1.62. The summed E-state index contributed by atoms with van der Waals surface area (Å²) in [7, 11) is 0. The molecule has 1 aliphatic rings. The molecule has 0 heterocycles. The van der Waals surface area contributed by atoms with Gasteiger partial charge in [0.15, 0.2) is 0 Å². The van der Waals surface area contributed by atoms with Crippen molar-refractivity contribution in [1.29, 1.82) is 0 Å². The topological polar surface area (TPSA) is 41.5 Å². The van der Waals surface area contributed by atoms with Crippen LogP contribution in [0.3, 0.4) is 0 Å². The van der Waals surface area contributed by atoms with Crippen molar-refractivity contribution >= 4 is 11.6 Å². The molecular weight excluding hydrogens is 274 g/mol. The summed E-state index contributed by atoms with van der Waals surface area (Å²) >= 11 is 5.80. The second-order valence-corrected chi connectivity index (χ2v) is 6.50. The van der Waals surface area contributed by atoms with E-state index in [1.807, 2.05) is 12.1 Å². The van der Waals surface area contributed by atoms with Crippen LogP contribution in [0.1, 0.15) is 32.6 Å². The number of nitrogens with one attached hydrogen (secondary N) is 1. The summed E-state index contributed by atoms with van der Waals surface area (Å²) in [5, 5.41) is 14.0. The molecule has 0 radical (unpaired) electrons. The van der Waals surface area contributed by atoms with Gasteiger partial charge in [-0.1, -0.05) is 31.4 Å². The molecule has 0 saturated heterocycles. The van der Waals surface area contributed by atoms with E-state index >= 15 is 0 Å². The molecule has 112 valence electrons. The van der Waals surface area contributed by atoms with Crippen LogP contribution in [0.25, 0.3) is 0 Å². The van der Waals surface area contributed by atoms with E-state index in [4.69, 9.17) is 16.3 Å². The molecule has 2 rings (SSSR count). The van der Waals surface area contributed by atoms with E-state index in [-0.39, 0.29) is 0 Å². The van der Waals surface area contributed by atoms with E-state index < -0.39 is 6.10 Å². The Bertz CT molecular complexity index is 401. The predicted molar refractivity (Wildman–Crippen MR) is 82.4 cm³/mol. The SMILES string of the molecule is CC1(CNCC(O)COc2ccc(Cl)cc2)CCCC1. The van der Waals surface area contributed by atoms with Gasteiger partial charge in [0.1, 0.15) is 18.5 Å². The van der Waals surface area contributed by atoms with E-state index in [1.165, 1.54) is 25.7 Å². The Labute approximate surface area is 126 Å². The predicted octanol–water partition coefficient (Wildman–Crippen LogP) is 3.25. The average Bonchev–Trinajstić information content (AvgIpc) is 2.85. The van der Waals surface area contributed by atoms with Crippen LogP contribution in [0.5, 0.6) is 5.75 Å². The number of ether oxygens (including phenoxy) is 1. The lowest BCUT2D eigenvalue weighted by atomic mass is 9.89. The quantitative estimate of drug-likeness (QED) is 0.812. The first-order valence-electron chi connectivity index (χ1n) is 7.35. The second-order valence-electron chi connectivity index (χ2n) is 6.07. The zero-order chi connectivity index (χ0) is 14.4. The van der Waals surface area contributed by atoms with Gasteiger partial charge >= 0.3 is 0 Å². The summed E-state index contributed by atoms with van der Waals surface area (Å²) < 4.78 is 5.52. The molecule has 1 fully saturated rings. The highest BCUT2D eigenvalue weighted by Gasteiger charge is 2.28. The van der Waals surface area contributed by atoms with Crippen molar-refractivity contribution in [2.75, 3.05) is 19.7 Å². The Morgan fingerprint density at radius 2 is 1.95 bits per heavy atom. The van der Waals surface area contributed by atoms with Crippen LogP contribution < -0.4 is 10.1 Å². The molecule has 1 aromatic rings. The van der Waals surface area contributed by atoms with E-state index in [2.05, 4.69) is 12.2 Å². The molecule has 1 aromatic carbocycles. The maximum Gasteiger partial charge on any atom is 0.119 e. The van der Waals surface area contributed by atoms with Crippen LogP contribution in [-0.4, -0.2) is 30.9 Å². The molecule has 1 atom stereocenters. The largest absolute Gasteiger partial charge is 0.491 e. The average molecular weight is 298 g/mol. The number of aliphatic hydroxyl groups excluding tert-OH is 1. The van der Waals surface area contributed by atoms with Gasteiger partial charge in [-0.2, -0.15) is 0 Å². The summed E-state index contributed by atoms with van der Waals surface area (Å²) in [5.41, 5.74) is 0.413. The minimum absolute atomic E-state index is 0.297. The summed E-state index contributed by atoms with van der Waals surface area (Å²) in [4.78, 5) is 0. The molecule has 3 nitrogen and oxygen atoms in total. The lowest BCUT2D eigenvalue weighted by molar-refractivity contribution is 0.103. The highest BCUT2D eigenvalue weighted by molar-refractivity contribution is 6.30. The summed E-state index contributed by atoms with van der Waals surface area (Å²) in [6, 6.07) is 7.18. The highest BCUT2D eigenvalue weighted by Crippen LogP contribution is 2.36. The molecule has 1 aliphatic carbocycles. The first kappa shape index (κ1) is 15.6. The van der Waals surface area contributed by atoms with Gasteiger partial charge in [-0.15, -0.1) is 0 Å². The Morgan fingerprint density at radius 3 is 2.60 bits per heavy atom. The number of benzene rings is 1. The number of rotatable bonds is 7. The zero-order valence-electron chi connectivity index (χ0n) is 12.1. The van der Waals surface area contributed by atoms with Gasteiger partial charge in [0, 0.05) is 18.1 Å². The summed E-state index contributed by atoms with van der Waals surface area (Å²) in [5.74, 6) is 0.733. The molecule has 1 saturated carbocycles. The molecule has 20 heavy (non-hydrogen) atoms. The second kappa shape index (κ2) is 7.30. The van der Waals surface area contributed by atoms with Crippen molar-refractivity contribution in [3.63, 3.8) is 0 Å². The van der Waals surface area contributed by atoms with Gasteiger partial charge in [-0.3, -0.25) is 0 Å². The third-order valence-corrected chi connectivity index (χ3v) is 4.25. The molecule has 1 unspecified atom stereocenters. The van der Waals surface area contributed by atoms with Crippen molar-refractivity contribution in [3.05, 3.63) is 29.3 Å². The van der Waals surface area contributed by atoms with E-state index in [0.717, 1.165) is 12.3 Å². The number of halogens is 1. The molecule has 2 N–H and O–H groups in total. The molecule has 0 aliphatic heterocycles. The number of hydrogen-bond donors (Lipinski definition) is 2. The smallest absolute Gasteiger partial charge is 0.119 e. The minimum Gasteiger partial charge on any atom is -0.491 e. The van der Waals surface area contributed by atoms with Gasteiger partial charge in [-0.05, 0) is 42.5 Å². The van der Waals surface area contributed by atoms with Gasteiger partial charge in [-0.25, -0.2) is 0 Å². The third kappa shape index (κ3) is 4.97. The van der Waals surface area contributed by atoms with Crippen LogP contribution in [-0.2, 0) is 0 Å². The molecule has 0 aromatic heterocycles. The van der Waals surface area contributed by atoms with E-state index in [9.17, 15) is 5.11 Å². The maximum atomic E-state index is 9.91. The van der Waals surface area contributed by atoms with Crippen LogP contribution in [0, 0.1) is 5.41 Å². The standard InChI is InChI=1S/C16H24ClNO2/c1-16(8-2-3-9-16)12-18-10-14(19)11-20-15-6-4-13(17)5-7-15/h4-7,14,18-19H,2-3,8-12H2,1H3. The zero-order valence-corrected chi connectivity index (χ0v) is 12.8. The molecule has 4 heteroatoms. The molecular formula is C16H24ClNO2. The fourth-order valence-electron chi connectivity index (χ4n) is 2.73.